The first kappa shape index (κ1) is 14.0. The molecule has 4 nitrogen and oxygen atoms in total. The molecule has 2 unspecified atom stereocenters. The average molecular weight is 262 g/mol. The van der Waals surface area contributed by atoms with Crippen LogP contribution in [0.1, 0.15) is 26.3 Å². The van der Waals surface area contributed by atoms with Crippen molar-refractivity contribution in [3.63, 3.8) is 0 Å². The molecule has 0 aromatic heterocycles. The third-order valence-electron chi connectivity index (χ3n) is 3.22. The molecule has 4 heteroatoms. The standard InChI is InChI=1S/C15H22N2O2/c1-11-8-17(9-12(2)19-11)10-14-6-4-5-7-15(14)16-13(3)18/h4-7,11-12H,8-10H2,1-3H3,(H,16,18). The Morgan fingerprint density at radius 1 is 1.32 bits per heavy atom. The molecule has 1 saturated heterocycles. The first-order valence-corrected chi connectivity index (χ1v) is 6.78. The van der Waals surface area contributed by atoms with E-state index >= 15 is 0 Å². The molecular formula is C15H22N2O2. The minimum Gasteiger partial charge on any atom is -0.373 e. The number of ether oxygens (including phenoxy) is 1. The molecule has 0 radical (unpaired) electrons. The summed E-state index contributed by atoms with van der Waals surface area (Å²) in [5.41, 5.74) is 2.06. The minimum absolute atomic E-state index is 0.0313. The van der Waals surface area contributed by atoms with Crippen molar-refractivity contribution in [1.29, 1.82) is 0 Å². The highest BCUT2D eigenvalue weighted by atomic mass is 16.5. The van der Waals surface area contributed by atoms with Crippen LogP contribution in [-0.4, -0.2) is 36.1 Å². The van der Waals surface area contributed by atoms with Gasteiger partial charge >= 0.3 is 0 Å². The molecule has 1 aliphatic heterocycles. The maximum atomic E-state index is 11.2. The molecule has 2 atom stereocenters. The van der Waals surface area contributed by atoms with Gasteiger partial charge in [-0.25, -0.2) is 0 Å². The SMILES string of the molecule is CC(=O)Nc1ccccc1CN1CC(C)OC(C)C1. The van der Waals surface area contributed by atoms with Crippen LogP contribution in [0.25, 0.3) is 0 Å². The Labute approximate surface area is 114 Å². The fourth-order valence-corrected chi connectivity index (χ4v) is 2.62. The van der Waals surface area contributed by atoms with E-state index in [1.54, 1.807) is 0 Å². The van der Waals surface area contributed by atoms with Crippen LogP contribution in [0.3, 0.4) is 0 Å². The molecule has 1 aromatic carbocycles. The maximum Gasteiger partial charge on any atom is 0.221 e. The number of carbonyl (C=O) groups is 1. The van der Waals surface area contributed by atoms with Gasteiger partial charge in [0.1, 0.15) is 0 Å². The van der Waals surface area contributed by atoms with Crippen LogP contribution >= 0.6 is 0 Å². The van der Waals surface area contributed by atoms with Gasteiger partial charge in [0.25, 0.3) is 0 Å². The van der Waals surface area contributed by atoms with Gasteiger partial charge in [-0.2, -0.15) is 0 Å². The number of nitrogens with one attached hydrogen (secondary N) is 1. The van der Waals surface area contributed by atoms with Crippen molar-refractivity contribution in [2.75, 3.05) is 18.4 Å². The summed E-state index contributed by atoms with van der Waals surface area (Å²) < 4.78 is 5.74. The number of hydrogen-bond donors (Lipinski definition) is 1. The van der Waals surface area contributed by atoms with Gasteiger partial charge < -0.3 is 10.1 Å². The molecule has 1 heterocycles. The summed E-state index contributed by atoms with van der Waals surface area (Å²) in [5.74, 6) is -0.0313. The van der Waals surface area contributed by atoms with Crippen molar-refractivity contribution >= 4 is 11.6 Å². The molecule has 19 heavy (non-hydrogen) atoms. The molecule has 2 rings (SSSR count). The largest absolute Gasteiger partial charge is 0.373 e. The number of nitrogens with zero attached hydrogens (tertiary/aromatic N) is 1. The van der Waals surface area contributed by atoms with E-state index in [2.05, 4.69) is 30.1 Å². The van der Waals surface area contributed by atoms with Gasteiger partial charge in [-0.3, -0.25) is 9.69 Å². The van der Waals surface area contributed by atoms with Gasteiger partial charge in [0.2, 0.25) is 5.91 Å². The van der Waals surface area contributed by atoms with Crippen LogP contribution in [0, 0.1) is 0 Å². The summed E-state index contributed by atoms with van der Waals surface area (Å²) in [6, 6.07) is 7.97. The lowest BCUT2D eigenvalue weighted by molar-refractivity contribution is -0.114. The van der Waals surface area contributed by atoms with E-state index in [4.69, 9.17) is 4.74 Å². The summed E-state index contributed by atoms with van der Waals surface area (Å²) in [7, 11) is 0. The normalized spacial score (nSPS) is 24.2. The van der Waals surface area contributed by atoms with Crippen LogP contribution in [-0.2, 0) is 16.1 Å². The van der Waals surface area contributed by atoms with E-state index < -0.39 is 0 Å². The topological polar surface area (TPSA) is 41.6 Å². The molecule has 0 bridgehead atoms. The van der Waals surface area contributed by atoms with E-state index in [1.165, 1.54) is 6.92 Å². The molecule has 1 N–H and O–H groups in total. The van der Waals surface area contributed by atoms with Crippen molar-refractivity contribution in [3.8, 4) is 0 Å². The Morgan fingerprint density at radius 2 is 1.95 bits per heavy atom. The van der Waals surface area contributed by atoms with Crippen LogP contribution in [0.15, 0.2) is 24.3 Å². The van der Waals surface area contributed by atoms with Crippen LogP contribution in [0.2, 0.25) is 0 Å². The number of benzene rings is 1. The number of para-hydroxylation sites is 1. The number of anilines is 1. The van der Waals surface area contributed by atoms with E-state index in [-0.39, 0.29) is 18.1 Å². The molecule has 1 fully saturated rings. The zero-order valence-corrected chi connectivity index (χ0v) is 11.8. The van der Waals surface area contributed by atoms with Gasteiger partial charge in [0, 0.05) is 32.2 Å². The minimum atomic E-state index is -0.0313. The second kappa shape index (κ2) is 6.17. The lowest BCUT2D eigenvalue weighted by Gasteiger charge is -2.35. The van der Waals surface area contributed by atoms with E-state index in [0.29, 0.717) is 0 Å². The monoisotopic (exact) mass is 262 g/mol. The average Bonchev–Trinajstić information content (AvgIpc) is 2.29. The molecule has 1 amide bonds. The summed E-state index contributed by atoms with van der Waals surface area (Å²) in [5, 5.41) is 2.89. The predicted octanol–water partition coefficient (Wildman–Crippen LogP) is 2.25. The molecule has 104 valence electrons. The highest BCUT2D eigenvalue weighted by Gasteiger charge is 2.22. The molecule has 1 aromatic rings. The van der Waals surface area contributed by atoms with Gasteiger partial charge in [-0.1, -0.05) is 18.2 Å². The van der Waals surface area contributed by atoms with Crippen molar-refractivity contribution < 1.29 is 9.53 Å². The lowest BCUT2D eigenvalue weighted by Crippen LogP contribution is -2.44. The summed E-state index contributed by atoms with van der Waals surface area (Å²) in [4.78, 5) is 13.6. The lowest BCUT2D eigenvalue weighted by atomic mass is 10.1. The molecular weight excluding hydrogens is 240 g/mol. The van der Waals surface area contributed by atoms with Gasteiger partial charge in [0.15, 0.2) is 0 Å². The molecule has 0 spiro atoms. The smallest absolute Gasteiger partial charge is 0.221 e. The quantitative estimate of drug-likeness (QED) is 0.908. The maximum absolute atomic E-state index is 11.2. The van der Waals surface area contributed by atoms with E-state index in [1.807, 2.05) is 18.2 Å². The highest BCUT2D eigenvalue weighted by molar-refractivity contribution is 5.89. The number of amides is 1. The van der Waals surface area contributed by atoms with E-state index in [9.17, 15) is 4.79 Å². The summed E-state index contributed by atoms with van der Waals surface area (Å²) in [6.45, 7) is 8.44. The fraction of sp³-hybridized carbons (Fsp3) is 0.533. The Balaban J connectivity index is 2.07. The fourth-order valence-electron chi connectivity index (χ4n) is 2.62. The van der Waals surface area contributed by atoms with Crippen LogP contribution in [0.4, 0.5) is 5.69 Å². The Morgan fingerprint density at radius 3 is 2.58 bits per heavy atom. The number of morpholine rings is 1. The molecule has 1 aliphatic rings. The number of carbonyl (C=O) groups excluding carboxylic acids is 1. The predicted molar refractivity (Wildman–Crippen MR) is 76.0 cm³/mol. The molecule has 0 aliphatic carbocycles. The van der Waals surface area contributed by atoms with Gasteiger partial charge in [-0.15, -0.1) is 0 Å². The summed E-state index contributed by atoms with van der Waals surface area (Å²) >= 11 is 0. The van der Waals surface area contributed by atoms with E-state index in [0.717, 1.165) is 30.9 Å². The molecule has 0 saturated carbocycles. The van der Waals surface area contributed by atoms with Gasteiger partial charge in [0.05, 0.1) is 12.2 Å². The zero-order valence-electron chi connectivity index (χ0n) is 11.8. The third-order valence-corrected chi connectivity index (χ3v) is 3.22. The van der Waals surface area contributed by atoms with Gasteiger partial charge in [-0.05, 0) is 25.5 Å². The third kappa shape index (κ3) is 4.04. The number of hydrogen-bond acceptors (Lipinski definition) is 3. The zero-order chi connectivity index (χ0) is 13.8. The highest BCUT2D eigenvalue weighted by Crippen LogP contribution is 2.20. The summed E-state index contributed by atoms with van der Waals surface area (Å²) in [6.07, 6.45) is 0.522. The second-order valence-corrected chi connectivity index (χ2v) is 5.29. The van der Waals surface area contributed by atoms with Crippen LogP contribution in [0.5, 0.6) is 0 Å². The van der Waals surface area contributed by atoms with Crippen molar-refractivity contribution in [3.05, 3.63) is 29.8 Å². The Kier molecular flexibility index (Phi) is 4.56. The Bertz CT molecular complexity index is 438. The van der Waals surface area contributed by atoms with Crippen LogP contribution < -0.4 is 5.32 Å². The Hall–Kier alpha value is -1.39. The first-order chi connectivity index (χ1) is 9.04. The van der Waals surface area contributed by atoms with Crippen molar-refractivity contribution in [2.45, 2.75) is 39.5 Å². The van der Waals surface area contributed by atoms with Crippen molar-refractivity contribution in [1.82, 2.24) is 4.90 Å². The van der Waals surface area contributed by atoms with Crippen molar-refractivity contribution in [2.24, 2.45) is 0 Å². The number of rotatable bonds is 3. The first-order valence-electron chi connectivity index (χ1n) is 6.78. The second-order valence-electron chi connectivity index (χ2n) is 5.29.